The lowest BCUT2D eigenvalue weighted by molar-refractivity contribution is -0.384. The van der Waals surface area contributed by atoms with Crippen LogP contribution in [0.5, 0.6) is 11.5 Å². The van der Waals surface area contributed by atoms with E-state index in [0.29, 0.717) is 11.6 Å². The van der Waals surface area contributed by atoms with Gasteiger partial charge in [0.15, 0.2) is 5.75 Å². The van der Waals surface area contributed by atoms with E-state index in [2.05, 4.69) is 15.3 Å². The summed E-state index contributed by atoms with van der Waals surface area (Å²) in [5.74, 6) is 1.97. The Morgan fingerprint density at radius 2 is 1.75 bits per heavy atom. The predicted octanol–water partition coefficient (Wildman–Crippen LogP) is 6.80. The van der Waals surface area contributed by atoms with Crippen molar-refractivity contribution in [2.24, 2.45) is 0 Å². The summed E-state index contributed by atoms with van der Waals surface area (Å²) < 4.78 is 6.05. The highest BCUT2D eigenvalue weighted by molar-refractivity contribution is 7.17. The number of para-hydroxylation sites is 3. The zero-order valence-corrected chi connectivity index (χ0v) is 17.5. The van der Waals surface area contributed by atoms with Gasteiger partial charge in [0.25, 0.3) is 5.69 Å². The summed E-state index contributed by atoms with van der Waals surface area (Å²) in [6.07, 6.45) is 1.50. The van der Waals surface area contributed by atoms with Crippen molar-refractivity contribution in [1.29, 1.82) is 0 Å². The quantitative estimate of drug-likeness (QED) is 0.231. The van der Waals surface area contributed by atoms with E-state index >= 15 is 0 Å². The van der Waals surface area contributed by atoms with E-state index < -0.39 is 4.92 Å². The SMILES string of the molecule is O=[N+]([O-])c1cccc(-c2csc3ncnc(Nc4ccccc4Oc4ccccc4)c23)c1. The zero-order valence-electron chi connectivity index (χ0n) is 16.6. The van der Waals surface area contributed by atoms with Gasteiger partial charge in [0.1, 0.15) is 22.7 Å². The Morgan fingerprint density at radius 3 is 2.59 bits per heavy atom. The highest BCUT2D eigenvalue weighted by Crippen LogP contribution is 2.39. The third kappa shape index (κ3) is 3.86. The zero-order chi connectivity index (χ0) is 21.9. The van der Waals surface area contributed by atoms with E-state index in [-0.39, 0.29) is 5.69 Å². The number of nitro benzene ring substituents is 1. The summed E-state index contributed by atoms with van der Waals surface area (Å²) in [6.45, 7) is 0. The van der Waals surface area contributed by atoms with E-state index in [4.69, 9.17) is 4.74 Å². The second kappa shape index (κ2) is 8.44. The van der Waals surface area contributed by atoms with E-state index in [1.807, 2.05) is 66.0 Å². The molecule has 0 saturated carbocycles. The highest BCUT2D eigenvalue weighted by Gasteiger charge is 2.16. The van der Waals surface area contributed by atoms with Gasteiger partial charge in [-0.3, -0.25) is 10.1 Å². The van der Waals surface area contributed by atoms with Crippen molar-refractivity contribution >= 4 is 38.7 Å². The van der Waals surface area contributed by atoms with Crippen molar-refractivity contribution < 1.29 is 9.66 Å². The minimum Gasteiger partial charge on any atom is -0.455 e. The van der Waals surface area contributed by atoms with Crippen molar-refractivity contribution in [1.82, 2.24) is 9.97 Å². The standard InChI is InChI=1S/C24H16N4O3S/c29-28(30)17-8-6-7-16(13-17)19-14-32-24-22(19)23(25-15-26-24)27-20-11-4-5-12-21(20)31-18-9-2-1-3-10-18/h1-15H,(H,25,26,27). The van der Waals surface area contributed by atoms with Gasteiger partial charge in [-0.05, 0) is 29.8 Å². The molecular formula is C24H16N4O3S. The van der Waals surface area contributed by atoms with Gasteiger partial charge in [0.05, 0.1) is 16.0 Å². The minimum absolute atomic E-state index is 0.0369. The molecule has 156 valence electrons. The summed E-state index contributed by atoms with van der Waals surface area (Å²) in [5.41, 5.74) is 2.35. The Hall–Kier alpha value is -4.30. The molecule has 0 amide bonds. The third-order valence-corrected chi connectivity index (χ3v) is 5.74. The van der Waals surface area contributed by atoms with E-state index in [0.717, 1.165) is 32.8 Å². The molecular weight excluding hydrogens is 424 g/mol. The smallest absolute Gasteiger partial charge is 0.270 e. The number of benzene rings is 3. The summed E-state index contributed by atoms with van der Waals surface area (Å²) in [7, 11) is 0. The van der Waals surface area contributed by atoms with Crippen LogP contribution in [0, 0.1) is 10.1 Å². The Balaban J connectivity index is 1.56. The number of nitrogens with zero attached hydrogens (tertiary/aromatic N) is 3. The van der Waals surface area contributed by atoms with Crippen molar-refractivity contribution in [3.05, 3.63) is 101 Å². The van der Waals surface area contributed by atoms with Crippen LogP contribution >= 0.6 is 11.3 Å². The fourth-order valence-electron chi connectivity index (χ4n) is 3.37. The lowest BCUT2D eigenvalue weighted by Gasteiger charge is -2.13. The number of ether oxygens (including phenoxy) is 1. The normalized spacial score (nSPS) is 10.8. The molecule has 8 heteroatoms. The monoisotopic (exact) mass is 440 g/mol. The van der Waals surface area contributed by atoms with Crippen LogP contribution in [0.1, 0.15) is 0 Å². The molecule has 5 aromatic rings. The van der Waals surface area contributed by atoms with Gasteiger partial charge in [0.2, 0.25) is 0 Å². The van der Waals surface area contributed by atoms with Gasteiger partial charge in [0, 0.05) is 23.1 Å². The summed E-state index contributed by atoms with van der Waals surface area (Å²) >= 11 is 1.46. The molecule has 0 saturated heterocycles. The maximum atomic E-state index is 11.2. The van der Waals surface area contributed by atoms with Gasteiger partial charge in [-0.15, -0.1) is 11.3 Å². The van der Waals surface area contributed by atoms with E-state index in [9.17, 15) is 10.1 Å². The largest absolute Gasteiger partial charge is 0.455 e. The molecule has 1 N–H and O–H groups in total. The first-order valence-corrected chi connectivity index (χ1v) is 10.6. The maximum absolute atomic E-state index is 11.2. The number of nitro groups is 1. The number of aromatic nitrogens is 2. The third-order valence-electron chi connectivity index (χ3n) is 4.85. The second-order valence-corrected chi connectivity index (χ2v) is 7.75. The molecule has 5 rings (SSSR count). The van der Waals surface area contributed by atoms with Crippen molar-refractivity contribution in [3.63, 3.8) is 0 Å². The Labute approximate surface area is 187 Å². The number of fused-ring (bicyclic) bond motifs is 1. The molecule has 3 aromatic carbocycles. The molecule has 32 heavy (non-hydrogen) atoms. The maximum Gasteiger partial charge on any atom is 0.270 e. The molecule has 2 heterocycles. The van der Waals surface area contributed by atoms with Gasteiger partial charge in [-0.25, -0.2) is 9.97 Å². The van der Waals surface area contributed by atoms with E-state index in [1.165, 1.54) is 23.7 Å². The molecule has 0 fully saturated rings. The molecule has 7 nitrogen and oxygen atoms in total. The summed E-state index contributed by atoms with van der Waals surface area (Å²) in [6, 6.07) is 23.7. The number of non-ortho nitro benzene ring substituents is 1. The van der Waals surface area contributed by atoms with Gasteiger partial charge >= 0.3 is 0 Å². The van der Waals surface area contributed by atoms with Crippen LogP contribution < -0.4 is 10.1 Å². The highest BCUT2D eigenvalue weighted by atomic mass is 32.1. The number of thiophene rings is 1. The summed E-state index contributed by atoms with van der Waals surface area (Å²) in [5, 5.41) is 17.3. The average Bonchev–Trinajstić information content (AvgIpc) is 3.26. The fraction of sp³-hybridized carbons (Fsp3) is 0. The van der Waals surface area contributed by atoms with Crippen LogP contribution in [-0.4, -0.2) is 14.9 Å². The van der Waals surface area contributed by atoms with Crippen LogP contribution in [0.3, 0.4) is 0 Å². The Bertz CT molecular complexity index is 1420. The van der Waals surface area contributed by atoms with Crippen LogP contribution in [0.4, 0.5) is 17.2 Å². The van der Waals surface area contributed by atoms with Crippen LogP contribution in [-0.2, 0) is 0 Å². The van der Waals surface area contributed by atoms with Crippen LogP contribution in [0.2, 0.25) is 0 Å². The number of anilines is 2. The second-order valence-electron chi connectivity index (χ2n) is 6.90. The minimum atomic E-state index is -0.398. The molecule has 0 aliphatic carbocycles. The Morgan fingerprint density at radius 1 is 0.938 bits per heavy atom. The molecule has 0 radical (unpaired) electrons. The molecule has 0 spiro atoms. The predicted molar refractivity (Wildman–Crippen MR) is 126 cm³/mol. The van der Waals surface area contributed by atoms with E-state index in [1.54, 1.807) is 12.1 Å². The van der Waals surface area contributed by atoms with Crippen LogP contribution in [0.15, 0.2) is 90.6 Å². The fourth-order valence-corrected chi connectivity index (χ4v) is 4.29. The lowest BCUT2D eigenvalue weighted by atomic mass is 10.1. The number of hydrogen-bond donors (Lipinski definition) is 1. The van der Waals surface area contributed by atoms with Crippen LogP contribution in [0.25, 0.3) is 21.3 Å². The molecule has 0 bridgehead atoms. The molecule has 0 aliphatic heterocycles. The summed E-state index contributed by atoms with van der Waals surface area (Å²) in [4.78, 5) is 20.5. The first-order valence-electron chi connectivity index (χ1n) is 9.75. The number of hydrogen-bond acceptors (Lipinski definition) is 7. The van der Waals surface area contributed by atoms with Crippen molar-refractivity contribution in [2.45, 2.75) is 0 Å². The molecule has 0 atom stereocenters. The van der Waals surface area contributed by atoms with Crippen molar-refractivity contribution in [3.8, 4) is 22.6 Å². The van der Waals surface area contributed by atoms with Gasteiger partial charge in [-0.2, -0.15) is 0 Å². The van der Waals surface area contributed by atoms with Gasteiger partial charge < -0.3 is 10.1 Å². The lowest BCUT2D eigenvalue weighted by Crippen LogP contribution is -1.98. The Kier molecular flexibility index (Phi) is 5.19. The average molecular weight is 440 g/mol. The molecule has 0 unspecified atom stereocenters. The number of nitrogens with one attached hydrogen (secondary N) is 1. The first-order chi connectivity index (χ1) is 15.7. The topological polar surface area (TPSA) is 90.2 Å². The van der Waals surface area contributed by atoms with Gasteiger partial charge in [-0.1, -0.05) is 42.5 Å². The first kappa shape index (κ1) is 19.7. The number of rotatable bonds is 6. The molecule has 0 aliphatic rings. The van der Waals surface area contributed by atoms with Crippen molar-refractivity contribution in [2.75, 3.05) is 5.32 Å². The molecule has 2 aromatic heterocycles.